The van der Waals surface area contributed by atoms with E-state index in [1.807, 2.05) is 0 Å². The fourth-order valence-corrected chi connectivity index (χ4v) is 2.69. The Hall–Kier alpha value is -3.32. The number of hydrogen-bond acceptors (Lipinski definition) is 5. The normalized spacial score (nSPS) is 11.4. The van der Waals surface area contributed by atoms with Crippen molar-refractivity contribution in [2.24, 2.45) is 0 Å². The maximum absolute atomic E-state index is 12.3. The lowest BCUT2D eigenvalue weighted by molar-refractivity contribution is -0.125. The third-order valence-corrected chi connectivity index (χ3v) is 4.25. The first-order valence-corrected chi connectivity index (χ1v) is 8.72. The summed E-state index contributed by atoms with van der Waals surface area (Å²) in [5.74, 6) is -2.75. The van der Waals surface area contributed by atoms with E-state index in [1.54, 1.807) is 49.4 Å². The molecule has 0 fully saturated rings. The number of carbonyl (C=O) groups is 4. The molecule has 0 aliphatic rings. The molecule has 0 spiro atoms. The number of aliphatic hydroxyl groups excluding tert-OH is 1. The Labute approximate surface area is 163 Å². The van der Waals surface area contributed by atoms with Crippen LogP contribution in [0.25, 0.3) is 0 Å². The number of nitrogens with zero attached hydrogens (tertiary/aromatic N) is 1. The van der Waals surface area contributed by atoms with E-state index in [0.29, 0.717) is 5.69 Å². The van der Waals surface area contributed by atoms with Gasteiger partial charge in [0.05, 0.1) is 6.54 Å². The second-order valence-corrected chi connectivity index (χ2v) is 6.28. The number of para-hydroxylation sites is 1. The number of carbonyl (C=O) groups excluding carboxylic acids is 4. The van der Waals surface area contributed by atoms with Gasteiger partial charge in [0.15, 0.2) is 5.78 Å². The molecular formula is C21H22N2O5. The minimum atomic E-state index is -1.10. The molecule has 28 heavy (non-hydrogen) atoms. The Morgan fingerprint density at radius 2 is 1.61 bits per heavy atom. The number of ketones is 2. The van der Waals surface area contributed by atoms with E-state index in [1.165, 1.54) is 24.0 Å². The lowest BCUT2D eigenvalue weighted by Crippen LogP contribution is -2.51. The Kier molecular flexibility index (Phi) is 7.17. The Balaban J connectivity index is 2.23. The summed E-state index contributed by atoms with van der Waals surface area (Å²) in [5, 5.41) is 11.7. The predicted octanol–water partition coefficient (Wildman–Crippen LogP) is 1.28. The highest BCUT2D eigenvalue weighted by Crippen LogP contribution is 2.20. The maximum Gasteiger partial charge on any atom is 0.293 e. The van der Waals surface area contributed by atoms with Gasteiger partial charge in [0, 0.05) is 11.3 Å². The molecule has 2 aromatic rings. The fraction of sp³-hybridized carbons (Fsp3) is 0.238. The summed E-state index contributed by atoms with van der Waals surface area (Å²) in [4.78, 5) is 50.1. The molecule has 0 aliphatic carbocycles. The molecule has 2 rings (SSSR count). The average Bonchev–Trinajstić information content (AvgIpc) is 2.71. The van der Waals surface area contributed by atoms with Crippen LogP contribution in [-0.2, 0) is 14.4 Å². The van der Waals surface area contributed by atoms with Crippen molar-refractivity contribution in [2.75, 3.05) is 18.1 Å². The van der Waals surface area contributed by atoms with Crippen LogP contribution in [0, 0.1) is 6.92 Å². The molecule has 0 heterocycles. The summed E-state index contributed by atoms with van der Waals surface area (Å²) in [6.45, 7) is 2.09. The third kappa shape index (κ3) is 5.11. The van der Waals surface area contributed by atoms with Crippen molar-refractivity contribution in [2.45, 2.75) is 19.9 Å². The van der Waals surface area contributed by atoms with E-state index in [9.17, 15) is 24.3 Å². The van der Waals surface area contributed by atoms with Gasteiger partial charge in [-0.1, -0.05) is 48.5 Å². The highest BCUT2D eigenvalue weighted by Gasteiger charge is 2.27. The molecule has 7 heteroatoms. The molecule has 0 aromatic heterocycles. The van der Waals surface area contributed by atoms with Gasteiger partial charge in [0.25, 0.3) is 11.8 Å². The summed E-state index contributed by atoms with van der Waals surface area (Å²) in [6, 6.07) is 13.8. The van der Waals surface area contributed by atoms with Crippen LogP contribution in [-0.4, -0.2) is 47.7 Å². The van der Waals surface area contributed by atoms with Crippen LogP contribution >= 0.6 is 0 Å². The van der Waals surface area contributed by atoms with Crippen LogP contribution < -0.4 is 10.2 Å². The Bertz CT molecular complexity index is 879. The molecule has 2 amide bonds. The van der Waals surface area contributed by atoms with E-state index in [0.717, 1.165) is 5.56 Å². The van der Waals surface area contributed by atoms with Gasteiger partial charge in [-0.05, 0) is 25.5 Å². The summed E-state index contributed by atoms with van der Waals surface area (Å²) in [7, 11) is 0. The lowest BCUT2D eigenvalue weighted by Gasteiger charge is -2.27. The molecule has 1 unspecified atom stereocenters. The number of hydrogen-bond donors (Lipinski definition) is 2. The smallest absolute Gasteiger partial charge is 0.293 e. The molecule has 0 saturated heterocycles. The molecule has 1 atom stereocenters. The third-order valence-electron chi connectivity index (χ3n) is 4.25. The summed E-state index contributed by atoms with van der Waals surface area (Å²) in [6.07, 6.45) is 0. The number of aliphatic hydroxyl groups is 1. The van der Waals surface area contributed by atoms with Crippen molar-refractivity contribution in [3.05, 3.63) is 65.7 Å². The molecule has 146 valence electrons. The van der Waals surface area contributed by atoms with Gasteiger partial charge < -0.3 is 15.3 Å². The molecular weight excluding hydrogens is 360 g/mol. The highest BCUT2D eigenvalue weighted by molar-refractivity contribution is 6.43. The average molecular weight is 382 g/mol. The summed E-state index contributed by atoms with van der Waals surface area (Å²) < 4.78 is 0. The standard InChI is InChI=1S/C21H22N2O5/c1-14-8-6-7-11-18(14)23(19(26)13-24)12-17(15(2)25)22-21(28)20(27)16-9-4-3-5-10-16/h3-11,17,24H,12-13H2,1-2H3,(H,22,28). The zero-order chi connectivity index (χ0) is 20.7. The van der Waals surface area contributed by atoms with Gasteiger partial charge in [-0.25, -0.2) is 0 Å². The van der Waals surface area contributed by atoms with Gasteiger partial charge in [0.2, 0.25) is 5.78 Å². The van der Waals surface area contributed by atoms with Crippen molar-refractivity contribution in [1.82, 2.24) is 5.32 Å². The monoisotopic (exact) mass is 382 g/mol. The van der Waals surface area contributed by atoms with Crippen molar-refractivity contribution >= 4 is 29.1 Å². The van der Waals surface area contributed by atoms with Crippen molar-refractivity contribution < 1.29 is 24.3 Å². The van der Waals surface area contributed by atoms with Crippen LogP contribution in [0.2, 0.25) is 0 Å². The number of benzene rings is 2. The molecule has 7 nitrogen and oxygen atoms in total. The summed E-state index contributed by atoms with van der Waals surface area (Å²) >= 11 is 0. The lowest BCUT2D eigenvalue weighted by atomic mass is 10.1. The highest BCUT2D eigenvalue weighted by atomic mass is 16.3. The van der Waals surface area contributed by atoms with E-state index in [4.69, 9.17) is 0 Å². The quantitative estimate of drug-likeness (QED) is 0.529. The number of aryl methyl sites for hydroxylation is 1. The molecule has 0 saturated carbocycles. The van der Waals surface area contributed by atoms with Crippen LogP contribution in [0.3, 0.4) is 0 Å². The van der Waals surface area contributed by atoms with Crippen molar-refractivity contribution in [3.8, 4) is 0 Å². The van der Waals surface area contributed by atoms with E-state index < -0.39 is 36.0 Å². The van der Waals surface area contributed by atoms with Crippen LogP contribution in [0.5, 0.6) is 0 Å². The second kappa shape index (κ2) is 9.57. The Morgan fingerprint density at radius 3 is 2.18 bits per heavy atom. The molecule has 2 aromatic carbocycles. The number of anilines is 1. The van der Waals surface area contributed by atoms with Gasteiger partial charge in [-0.15, -0.1) is 0 Å². The second-order valence-electron chi connectivity index (χ2n) is 6.28. The first-order chi connectivity index (χ1) is 13.3. The molecule has 0 radical (unpaired) electrons. The van der Waals surface area contributed by atoms with Gasteiger partial charge in [0.1, 0.15) is 12.6 Å². The van der Waals surface area contributed by atoms with E-state index >= 15 is 0 Å². The van der Waals surface area contributed by atoms with Crippen LogP contribution in [0.1, 0.15) is 22.8 Å². The van der Waals surface area contributed by atoms with Crippen molar-refractivity contribution in [3.63, 3.8) is 0 Å². The van der Waals surface area contributed by atoms with Crippen molar-refractivity contribution in [1.29, 1.82) is 0 Å². The summed E-state index contributed by atoms with van der Waals surface area (Å²) in [5.41, 5.74) is 1.47. The van der Waals surface area contributed by atoms with Gasteiger partial charge in [-0.2, -0.15) is 0 Å². The SMILES string of the molecule is CC(=O)C(CN(C(=O)CO)c1ccccc1C)NC(=O)C(=O)c1ccccc1. The topological polar surface area (TPSA) is 104 Å². The molecule has 0 aliphatic heterocycles. The minimum Gasteiger partial charge on any atom is -0.387 e. The number of rotatable bonds is 8. The van der Waals surface area contributed by atoms with E-state index in [2.05, 4.69) is 5.32 Å². The number of Topliss-reactive ketones (excluding diaryl/α,β-unsaturated/α-hetero) is 2. The fourth-order valence-electron chi connectivity index (χ4n) is 2.69. The molecule has 2 N–H and O–H groups in total. The number of nitrogens with one attached hydrogen (secondary N) is 1. The van der Waals surface area contributed by atoms with Gasteiger partial charge in [-0.3, -0.25) is 19.2 Å². The van der Waals surface area contributed by atoms with Crippen LogP contribution in [0.4, 0.5) is 5.69 Å². The zero-order valence-electron chi connectivity index (χ0n) is 15.7. The first-order valence-electron chi connectivity index (χ1n) is 8.72. The Morgan fingerprint density at radius 1 is 1.00 bits per heavy atom. The molecule has 0 bridgehead atoms. The van der Waals surface area contributed by atoms with Crippen LogP contribution in [0.15, 0.2) is 54.6 Å². The van der Waals surface area contributed by atoms with Gasteiger partial charge >= 0.3 is 0 Å². The zero-order valence-corrected chi connectivity index (χ0v) is 15.7. The van der Waals surface area contributed by atoms with E-state index in [-0.39, 0.29) is 12.1 Å². The maximum atomic E-state index is 12.3. The largest absolute Gasteiger partial charge is 0.387 e. The number of amides is 2. The predicted molar refractivity (Wildman–Crippen MR) is 104 cm³/mol. The minimum absolute atomic E-state index is 0.199. The first kappa shape index (κ1) is 21.0.